The lowest BCUT2D eigenvalue weighted by Crippen LogP contribution is -2.38. The minimum Gasteiger partial charge on any atom is -0.332 e. The molecule has 6 nitrogen and oxygen atoms in total. The molecule has 24 heavy (non-hydrogen) atoms. The van der Waals surface area contributed by atoms with Crippen molar-refractivity contribution in [1.82, 2.24) is 24.9 Å². The van der Waals surface area contributed by atoms with Crippen molar-refractivity contribution >= 4 is 5.91 Å². The van der Waals surface area contributed by atoms with Gasteiger partial charge in [-0.15, -0.1) is 0 Å². The molecule has 130 valence electrons. The molecule has 0 aliphatic carbocycles. The monoisotopic (exact) mass is 329 g/mol. The molecule has 0 radical (unpaired) electrons. The molecule has 3 heterocycles. The van der Waals surface area contributed by atoms with E-state index in [0.717, 1.165) is 49.4 Å². The van der Waals surface area contributed by atoms with E-state index < -0.39 is 0 Å². The number of aromatic amines is 1. The Bertz CT molecular complexity index is 715. The number of H-pyrrole nitrogens is 1. The molecule has 1 saturated heterocycles. The van der Waals surface area contributed by atoms with Crippen molar-refractivity contribution in [3.63, 3.8) is 0 Å². The van der Waals surface area contributed by atoms with Gasteiger partial charge in [0.25, 0.3) is 5.91 Å². The van der Waals surface area contributed by atoms with Crippen LogP contribution in [-0.4, -0.2) is 43.4 Å². The molecular weight excluding hydrogens is 302 g/mol. The maximum Gasteiger partial charge on any atom is 0.274 e. The Balaban J connectivity index is 1.71. The highest BCUT2D eigenvalue weighted by Gasteiger charge is 2.31. The third-order valence-corrected chi connectivity index (χ3v) is 4.60. The average molecular weight is 329 g/mol. The van der Waals surface area contributed by atoms with E-state index >= 15 is 0 Å². The fourth-order valence-electron chi connectivity index (χ4n) is 3.51. The van der Waals surface area contributed by atoms with Crippen molar-refractivity contribution in [3.05, 3.63) is 34.9 Å². The predicted molar refractivity (Wildman–Crippen MR) is 92.9 cm³/mol. The van der Waals surface area contributed by atoms with E-state index in [2.05, 4.69) is 42.1 Å². The zero-order valence-electron chi connectivity index (χ0n) is 15.0. The number of rotatable bonds is 5. The SMILES string of the molecule is Cc1cc(C)n(CC2CCCN2C(=O)c2cc(CC(C)C)[nH]n2)n1. The lowest BCUT2D eigenvalue weighted by Gasteiger charge is -2.24. The number of aryl methyl sites for hydroxylation is 2. The second kappa shape index (κ2) is 6.79. The number of hydrogen-bond acceptors (Lipinski definition) is 3. The van der Waals surface area contributed by atoms with Gasteiger partial charge >= 0.3 is 0 Å². The summed E-state index contributed by atoms with van der Waals surface area (Å²) in [6.07, 6.45) is 2.97. The molecule has 0 spiro atoms. The summed E-state index contributed by atoms with van der Waals surface area (Å²) in [5.74, 6) is 0.573. The van der Waals surface area contributed by atoms with Crippen LogP contribution in [0.2, 0.25) is 0 Å². The highest BCUT2D eigenvalue weighted by molar-refractivity contribution is 5.92. The van der Waals surface area contributed by atoms with Crippen LogP contribution in [-0.2, 0) is 13.0 Å². The maximum absolute atomic E-state index is 12.9. The van der Waals surface area contributed by atoms with Crippen molar-refractivity contribution < 1.29 is 4.79 Å². The Labute approximate surface area is 143 Å². The van der Waals surface area contributed by atoms with Gasteiger partial charge in [0.2, 0.25) is 0 Å². The number of likely N-dealkylation sites (tertiary alicyclic amines) is 1. The molecule has 0 aromatic carbocycles. The largest absolute Gasteiger partial charge is 0.332 e. The molecule has 0 saturated carbocycles. The molecule has 1 atom stereocenters. The molecule has 3 rings (SSSR count). The first-order valence-electron chi connectivity index (χ1n) is 8.80. The molecule has 1 fully saturated rings. The van der Waals surface area contributed by atoms with Gasteiger partial charge < -0.3 is 4.90 Å². The fourth-order valence-corrected chi connectivity index (χ4v) is 3.51. The standard InChI is InChI=1S/C18H27N5O/c1-12(2)8-15-10-17(20-19-15)18(24)22-7-5-6-16(22)11-23-14(4)9-13(3)21-23/h9-10,12,16H,5-8,11H2,1-4H3,(H,19,20). The Morgan fingerprint density at radius 3 is 2.83 bits per heavy atom. The van der Waals surface area contributed by atoms with Crippen LogP contribution in [0.25, 0.3) is 0 Å². The van der Waals surface area contributed by atoms with Crippen LogP contribution in [0.3, 0.4) is 0 Å². The molecule has 1 aliphatic rings. The summed E-state index contributed by atoms with van der Waals surface area (Å²) in [5.41, 5.74) is 3.73. The Morgan fingerprint density at radius 2 is 2.17 bits per heavy atom. The first-order valence-corrected chi connectivity index (χ1v) is 8.80. The van der Waals surface area contributed by atoms with Crippen LogP contribution in [0.15, 0.2) is 12.1 Å². The Morgan fingerprint density at radius 1 is 1.38 bits per heavy atom. The van der Waals surface area contributed by atoms with Crippen molar-refractivity contribution in [3.8, 4) is 0 Å². The predicted octanol–water partition coefficient (Wildman–Crippen LogP) is 2.73. The summed E-state index contributed by atoms with van der Waals surface area (Å²) < 4.78 is 2.01. The highest BCUT2D eigenvalue weighted by Crippen LogP contribution is 2.22. The number of hydrogen-bond donors (Lipinski definition) is 1. The van der Waals surface area contributed by atoms with Crippen LogP contribution < -0.4 is 0 Å². The van der Waals surface area contributed by atoms with Gasteiger partial charge in [0, 0.05) is 17.9 Å². The van der Waals surface area contributed by atoms with Gasteiger partial charge in [-0.3, -0.25) is 14.6 Å². The van der Waals surface area contributed by atoms with E-state index in [1.807, 2.05) is 22.6 Å². The molecule has 1 N–H and O–H groups in total. The second-order valence-corrected chi connectivity index (χ2v) is 7.28. The normalized spacial score (nSPS) is 17.9. The van der Waals surface area contributed by atoms with Gasteiger partial charge in [-0.25, -0.2) is 0 Å². The quantitative estimate of drug-likeness (QED) is 0.917. The molecule has 0 bridgehead atoms. The minimum absolute atomic E-state index is 0.0327. The van der Waals surface area contributed by atoms with Gasteiger partial charge in [-0.1, -0.05) is 13.8 Å². The number of carbonyl (C=O) groups excluding carboxylic acids is 1. The first-order chi connectivity index (χ1) is 11.4. The highest BCUT2D eigenvalue weighted by atomic mass is 16.2. The molecule has 2 aromatic heterocycles. The molecule has 1 unspecified atom stereocenters. The topological polar surface area (TPSA) is 66.8 Å². The van der Waals surface area contributed by atoms with Crippen molar-refractivity contribution in [1.29, 1.82) is 0 Å². The van der Waals surface area contributed by atoms with Gasteiger partial charge in [0.15, 0.2) is 0 Å². The number of nitrogens with one attached hydrogen (secondary N) is 1. The van der Waals surface area contributed by atoms with Gasteiger partial charge in [-0.2, -0.15) is 10.2 Å². The molecule has 1 aliphatic heterocycles. The summed E-state index contributed by atoms with van der Waals surface area (Å²) >= 11 is 0. The van der Waals surface area contributed by atoms with E-state index in [4.69, 9.17) is 0 Å². The molecular formula is C18H27N5O. The second-order valence-electron chi connectivity index (χ2n) is 7.28. The summed E-state index contributed by atoms with van der Waals surface area (Å²) in [4.78, 5) is 14.8. The van der Waals surface area contributed by atoms with Crippen LogP contribution in [0.5, 0.6) is 0 Å². The van der Waals surface area contributed by atoms with Gasteiger partial charge in [0.05, 0.1) is 18.3 Å². The number of carbonyl (C=O) groups is 1. The molecule has 1 amide bonds. The minimum atomic E-state index is 0.0327. The third-order valence-electron chi connectivity index (χ3n) is 4.60. The first kappa shape index (κ1) is 16.7. The fraction of sp³-hybridized carbons (Fsp3) is 0.611. The average Bonchev–Trinajstić information content (AvgIpc) is 3.20. The van der Waals surface area contributed by atoms with Crippen LogP contribution >= 0.6 is 0 Å². The third kappa shape index (κ3) is 3.52. The van der Waals surface area contributed by atoms with Crippen molar-refractivity contribution in [2.45, 2.75) is 59.5 Å². The van der Waals surface area contributed by atoms with E-state index in [1.165, 1.54) is 0 Å². The van der Waals surface area contributed by atoms with Gasteiger partial charge in [0.1, 0.15) is 5.69 Å². The van der Waals surface area contributed by atoms with Crippen LogP contribution in [0, 0.1) is 19.8 Å². The number of aromatic nitrogens is 4. The van der Waals surface area contributed by atoms with E-state index in [0.29, 0.717) is 11.6 Å². The lowest BCUT2D eigenvalue weighted by atomic mass is 10.1. The lowest BCUT2D eigenvalue weighted by molar-refractivity contribution is 0.0715. The van der Waals surface area contributed by atoms with Crippen LogP contribution in [0.1, 0.15) is 54.3 Å². The smallest absolute Gasteiger partial charge is 0.274 e. The zero-order chi connectivity index (χ0) is 17.3. The molecule has 2 aromatic rings. The Hall–Kier alpha value is -2.11. The van der Waals surface area contributed by atoms with Crippen molar-refractivity contribution in [2.75, 3.05) is 6.54 Å². The van der Waals surface area contributed by atoms with Crippen molar-refractivity contribution in [2.24, 2.45) is 5.92 Å². The maximum atomic E-state index is 12.9. The number of amides is 1. The summed E-state index contributed by atoms with van der Waals surface area (Å²) in [6, 6.07) is 4.18. The van der Waals surface area contributed by atoms with E-state index in [9.17, 15) is 4.79 Å². The molecule has 6 heteroatoms. The van der Waals surface area contributed by atoms with E-state index in [-0.39, 0.29) is 11.9 Å². The zero-order valence-corrected chi connectivity index (χ0v) is 15.0. The Kier molecular flexibility index (Phi) is 4.73. The summed E-state index contributed by atoms with van der Waals surface area (Å²) in [6.45, 7) is 9.94. The van der Waals surface area contributed by atoms with Gasteiger partial charge in [-0.05, 0) is 51.2 Å². The summed E-state index contributed by atoms with van der Waals surface area (Å²) in [5, 5.41) is 11.8. The summed E-state index contributed by atoms with van der Waals surface area (Å²) in [7, 11) is 0. The van der Waals surface area contributed by atoms with Crippen LogP contribution in [0.4, 0.5) is 0 Å². The number of nitrogens with zero attached hydrogens (tertiary/aromatic N) is 4. The van der Waals surface area contributed by atoms with E-state index in [1.54, 1.807) is 0 Å².